The molecule has 0 unspecified atom stereocenters. The number of ether oxygens (including phenoxy) is 2. The zero-order valence-electron chi connectivity index (χ0n) is 8.07. The number of carbonyl (C=O) groups excluding carboxylic acids is 1. The highest BCUT2D eigenvalue weighted by Gasteiger charge is 2.11. The van der Waals surface area contributed by atoms with Crippen LogP contribution >= 0.6 is 0 Å². The van der Waals surface area contributed by atoms with Crippen molar-refractivity contribution in [2.24, 2.45) is 4.99 Å². The van der Waals surface area contributed by atoms with Gasteiger partial charge in [0.1, 0.15) is 0 Å². The van der Waals surface area contributed by atoms with Gasteiger partial charge in [-0.25, -0.2) is 4.79 Å². The Kier molecular flexibility index (Phi) is 3.14. The van der Waals surface area contributed by atoms with Gasteiger partial charge in [0.25, 0.3) is 0 Å². The van der Waals surface area contributed by atoms with Crippen molar-refractivity contribution in [2.45, 2.75) is 6.92 Å². The highest BCUT2D eigenvalue weighted by Crippen LogP contribution is 2.28. The minimum Gasteiger partial charge on any atom is -0.491 e. The molecule has 74 valence electrons. The molecule has 0 radical (unpaired) electrons. The summed E-state index contributed by atoms with van der Waals surface area (Å²) in [7, 11) is 2.87. The lowest BCUT2D eigenvalue weighted by atomic mass is 10.4. The number of nitrogens with zero attached hydrogens (tertiary/aromatic N) is 3. The molecular formula is C8H9N3O3. The van der Waals surface area contributed by atoms with Gasteiger partial charge >= 0.3 is 6.01 Å². The molecular weight excluding hydrogens is 186 g/mol. The number of aryl methyl sites for hydroxylation is 1. The van der Waals surface area contributed by atoms with Crippen molar-refractivity contribution in [3.05, 3.63) is 5.69 Å². The van der Waals surface area contributed by atoms with E-state index in [2.05, 4.69) is 15.0 Å². The Bertz CT molecular complexity index is 386. The van der Waals surface area contributed by atoms with Crippen LogP contribution in [0.25, 0.3) is 0 Å². The Balaban J connectivity index is 3.34. The van der Waals surface area contributed by atoms with Crippen molar-refractivity contribution in [3.8, 4) is 11.8 Å². The number of aromatic nitrogens is 2. The predicted molar refractivity (Wildman–Crippen MR) is 47.7 cm³/mol. The molecule has 0 aromatic carbocycles. The summed E-state index contributed by atoms with van der Waals surface area (Å²) >= 11 is 0. The van der Waals surface area contributed by atoms with Crippen molar-refractivity contribution < 1.29 is 14.3 Å². The standard InChI is InChI=1S/C8H9N3O3/c1-5-6(13-2)7(9-4-12)11-8(10-5)14-3/h1-3H3. The highest BCUT2D eigenvalue weighted by atomic mass is 16.5. The van der Waals surface area contributed by atoms with E-state index < -0.39 is 0 Å². The van der Waals surface area contributed by atoms with Gasteiger partial charge in [0, 0.05) is 0 Å². The van der Waals surface area contributed by atoms with Crippen LogP contribution in [0.15, 0.2) is 4.99 Å². The average Bonchev–Trinajstić information content (AvgIpc) is 2.18. The Labute approximate surface area is 80.6 Å². The molecule has 0 aliphatic rings. The maximum atomic E-state index is 10.1. The Hall–Kier alpha value is -1.94. The van der Waals surface area contributed by atoms with Crippen molar-refractivity contribution in [1.29, 1.82) is 0 Å². The summed E-state index contributed by atoms with van der Waals surface area (Å²) in [6.07, 6.45) is 1.39. The second kappa shape index (κ2) is 4.34. The van der Waals surface area contributed by atoms with Gasteiger partial charge in [-0.2, -0.15) is 9.97 Å². The quantitative estimate of drug-likeness (QED) is 0.526. The molecule has 0 aliphatic heterocycles. The monoisotopic (exact) mass is 195 g/mol. The molecule has 0 aliphatic carbocycles. The molecule has 0 amide bonds. The molecule has 0 N–H and O–H groups in total. The SMILES string of the molecule is COc1nc(C)c(OC)c(N=C=O)n1. The first-order chi connectivity index (χ1) is 6.72. The minimum absolute atomic E-state index is 0.117. The third kappa shape index (κ3) is 1.86. The average molecular weight is 195 g/mol. The fraction of sp³-hybridized carbons (Fsp3) is 0.375. The van der Waals surface area contributed by atoms with Crippen LogP contribution in [-0.4, -0.2) is 30.3 Å². The van der Waals surface area contributed by atoms with Crippen LogP contribution in [0.4, 0.5) is 5.82 Å². The largest absolute Gasteiger partial charge is 0.491 e. The van der Waals surface area contributed by atoms with Gasteiger partial charge in [-0.1, -0.05) is 0 Å². The van der Waals surface area contributed by atoms with E-state index in [1.54, 1.807) is 6.92 Å². The first-order valence-electron chi connectivity index (χ1n) is 3.77. The lowest BCUT2D eigenvalue weighted by Gasteiger charge is -2.06. The third-order valence-corrected chi connectivity index (χ3v) is 1.53. The van der Waals surface area contributed by atoms with Crippen molar-refractivity contribution in [1.82, 2.24) is 9.97 Å². The van der Waals surface area contributed by atoms with E-state index in [0.717, 1.165) is 0 Å². The summed E-state index contributed by atoms with van der Waals surface area (Å²) < 4.78 is 9.79. The second-order valence-electron chi connectivity index (χ2n) is 2.36. The number of hydrogen-bond donors (Lipinski definition) is 0. The molecule has 1 aromatic heterocycles. The predicted octanol–water partition coefficient (Wildman–Crippen LogP) is 0.770. The van der Waals surface area contributed by atoms with E-state index in [0.29, 0.717) is 11.4 Å². The summed E-state index contributed by atoms with van der Waals surface area (Å²) in [6.45, 7) is 1.70. The Morgan fingerprint density at radius 2 is 2.00 bits per heavy atom. The molecule has 0 bridgehead atoms. The topological polar surface area (TPSA) is 73.7 Å². The van der Waals surface area contributed by atoms with Crippen LogP contribution in [0.1, 0.15) is 5.69 Å². The van der Waals surface area contributed by atoms with Crippen LogP contribution < -0.4 is 9.47 Å². The summed E-state index contributed by atoms with van der Waals surface area (Å²) in [5.41, 5.74) is 0.549. The fourth-order valence-electron chi connectivity index (χ4n) is 0.972. The zero-order valence-corrected chi connectivity index (χ0v) is 8.07. The number of isocyanates is 1. The number of aliphatic imine (C=N–C) groups is 1. The number of hydrogen-bond acceptors (Lipinski definition) is 6. The maximum Gasteiger partial charge on any atom is 0.318 e. The molecule has 1 heterocycles. The summed E-state index contributed by atoms with van der Waals surface area (Å²) in [5, 5.41) is 0. The molecule has 6 heteroatoms. The van der Waals surface area contributed by atoms with E-state index in [9.17, 15) is 4.79 Å². The van der Waals surface area contributed by atoms with Crippen LogP contribution in [0.5, 0.6) is 11.8 Å². The van der Waals surface area contributed by atoms with Gasteiger partial charge in [-0.15, -0.1) is 4.99 Å². The molecule has 0 saturated heterocycles. The maximum absolute atomic E-state index is 10.1. The van der Waals surface area contributed by atoms with Crippen LogP contribution in [0, 0.1) is 6.92 Å². The first kappa shape index (κ1) is 10.1. The fourth-order valence-corrected chi connectivity index (χ4v) is 0.972. The van der Waals surface area contributed by atoms with E-state index in [4.69, 9.17) is 9.47 Å². The molecule has 1 aromatic rings. The Morgan fingerprint density at radius 1 is 1.29 bits per heavy atom. The van der Waals surface area contributed by atoms with Gasteiger partial charge in [0.15, 0.2) is 5.75 Å². The molecule has 0 saturated carbocycles. The van der Waals surface area contributed by atoms with Crippen molar-refractivity contribution >= 4 is 11.9 Å². The van der Waals surface area contributed by atoms with Gasteiger partial charge < -0.3 is 9.47 Å². The molecule has 6 nitrogen and oxygen atoms in total. The second-order valence-corrected chi connectivity index (χ2v) is 2.36. The van der Waals surface area contributed by atoms with E-state index in [1.165, 1.54) is 20.3 Å². The van der Waals surface area contributed by atoms with Crippen LogP contribution in [-0.2, 0) is 4.79 Å². The van der Waals surface area contributed by atoms with Gasteiger partial charge in [-0.05, 0) is 6.92 Å². The minimum atomic E-state index is 0.117. The van der Waals surface area contributed by atoms with Crippen molar-refractivity contribution in [2.75, 3.05) is 14.2 Å². The summed E-state index contributed by atoms with van der Waals surface area (Å²) in [6, 6.07) is 0.136. The number of rotatable bonds is 3. The third-order valence-electron chi connectivity index (χ3n) is 1.53. The van der Waals surface area contributed by atoms with Gasteiger partial charge in [0.05, 0.1) is 19.9 Å². The van der Waals surface area contributed by atoms with Crippen LogP contribution in [0.2, 0.25) is 0 Å². The molecule has 1 rings (SSSR count). The smallest absolute Gasteiger partial charge is 0.318 e. The molecule has 0 spiro atoms. The molecule has 14 heavy (non-hydrogen) atoms. The summed E-state index contributed by atoms with van der Waals surface area (Å²) in [4.78, 5) is 21.3. The lowest BCUT2D eigenvalue weighted by Crippen LogP contribution is -1.98. The number of methoxy groups -OCH3 is 2. The first-order valence-corrected chi connectivity index (χ1v) is 3.77. The summed E-state index contributed by atoms with van der Waals surface area (Å²) in [5.74, 6) is 0.459. The normalized spacial score (nSPS) is 9.07. The van der Waals surface area contributed by atoms with E-state index >= 15 is 0 Å². The van der Waals surface area contributed by atoms with E-state index in [-0.39, 0.29) is 11.8 Å². The Morgan fingerprint density at radius 3 is 2.50 bits per heavy atom. The van der Waals surface area contributed by atoms with Gasteiger partial charge in [0.2, 0.25) is 11.9 Å². The van der Waals surface area contributed by atoms with Crippen LogP contribution in [0.3, 0.4) is 0 Å². The van der Waals surface area contributed by atoms with E-state index in [1.807, 2.05) is 0 Å². The lowest BCUT2D eigenvalue weighted by molar-refractivity contribution is 0.368. The van der Waals surface area contributed by atoms with Gasteiger partial charge in [-0.3, -0.25) is 0 Å². The highest BCUT2D eigenvalue weighted by molar-refractivity contribution is 5.54. The zero-order chi connectivity index (χ0) is 10.6. The van der Waals surface area contributed by atoms with Crippen molar-refractivity contribution in [3.63, 3.8) is 0 Å². The molecule has 0 atom stereocenters. The molecule has 0 fully saturated rings.